The summed E-state index contributed by atoms with van der Waals surface area (Å²) in [5.74, 6) is 0.853. The molecule has 0 atom stereocenters. The highest BCUT2D eigenvalue weighted by Crippen LogP contribution is 2.18. The zero-order chi connectivity index (χ0) is 17.2. The van der Waals surface area contributed by atoms with E-state index in [1.165, 1.54) is 0 Å². The number of sulfonamides is 1. The van der Waals surface area contributed by atoms with Gasteiger partial charge in [0.2, 0.25) is 15.9 Å². The third-order valence-electron chi connectivity index (χ3n) is 3.22. The highest BCUT2D eigenvalue weighted by molar-refractivity contribution is 7.89. The summed E-state index contributed by atoms with van der Waals surface area (Å²) in [6.07, 6.45) is 1.87. The topological polar surface area (TPSA) is 124 Å². The van der Waals surface area contributed by atoms with Crippen LogP contribution in [0.1, 0.15) is 17.3 Å². The summed E-state index contributed by atoms with van der Waals surface area (Å²) >= 11 is 0. The fourth-order valence-corrected chi connectivity index (χ4v) is 3.53. The molecule has 3 aromatic heterocycles. The first kappa shape index (κ1) is 16.3. The molecule has 0 spiro atoms. The van der Waals surface area contributed by atoms with E-state index in [0.717, 1.165) is 0 Å². The Labute approximate surface area is 138 Å². The Morgan fingerprint density at radius 2 is 2.04 bits per heavy atom. The van der Waals surface area contributed by atoms with Gasteiger partial charge in [0.25, 0.3) is 5.89 Å². The number of aryl methyl sites for hydroxylation is 2. The fourth-order valence-electron chi connectivity index (χ4n) is 2.17. The molecule has 0 unspecified atom stereocenters. The lowest BCUT2D eigenvalue weighted by molar-refractivity contribution is 0.390. The number of hydrogen-bond acceptors (Lipinski definition) is 8. The maximum atomic E-state index is 12.3. The summed E-state index contributed by atoms with van der Waals surface area (Å²) in [7, 11) is -3.70. The molecule has 9 nitrogen and oxygen atoms in total. The van der Waals surface area contributed by atoms with Crippen LogP contribution in [0.4, 0.5) is 0 Å². The standard InChI is InChI=1S/C14H15N5O4S/c1-9-13(10(2)23-19-9)24(20,21)16-8-6-12-17-18-14(22-12)11-5-3-4-7-15-11/h3-5,7,16H,6,8H2,1-2H3. The summed E-state index contributed by atoms with van der Waals surface area (Å²) in [6.45, 7) is 3.23. The summed E-state index contributed by atoms with van der Waals surface area (Å²) in [6, 6.07) is 5.34. The van der Waals surface area contributed by atoms with Gasteiger partial charge in [0.05, 0.1) is 0 Å². The second kappa shape index (κ2) is 6.49. The first-order chi connectivity index (χ1) is 11.5. The minimum absolute atomic E-state index is 0.0576. The second-order valence-corrected chi connectivity index (χ2v) is 6.72. The van der Waals surface area contributed by atoms with Crippen LogP contribution in [-0.4, -0.2) is 35.3 Å². The van der Waals surface area contributed by atoms with Crippen molar-refractivity contribution in [1.82, 2.24) is 25.1 Å². The Morgan fingerprint density at radius 1 is 1.21 bits per heavy atom. The molecule has 0 saturated heterocycles. The molecule has 3 rings (SSSR count). The lowest BCUT2D eigenvalue weighted by atomic mass is 10.3. The van der Waals surface area contributed by atoms with E-state index < -0.39 is 10.0 Å². The minimum atomic E-state index is -3.70. The van der Waals surface area contributed by atoms with E-state index in [2.05, 4.69) is 25.1 Å². The average molecular weight is 349 g/mol. The normalized spacial score (nSPS) is 11.8. The summed E-state index contributed by atoms with van der Waals surface area (Å²) < 4.78 is 37.4. The van der Waals surface area contributed by atoms with Crippen LogP contribution in [0.25, 0.3) is 11.6 Å². The van der Waals surface area contributed by atoms with Crippen molar-refractivity contribution in [3.05, 3.63) is 41.7 Å². The zero-order valence-corrected chi connectivity index (χ0v) is 13.9. The number of aromatic nitrogens is 4. The molecule has 3 heterocycles. The number of hydrogen-bond donors (Lipinski definition) is 1. The molecule has 0 fully saturated rings. The van der Waals surface area contributed by atoms with Gasteiger partial charge >= 0.3 is 0 Å². The number of nitrogens with zero attached hydrogens (tertiary/aromatic N) is 4. The van der Waals surface area contributed by atoms with Crippen LogP contribution in [-0.2, 0) is 16.4 Å². The number of nitrogens with one attached hydrogen (secondary N) is 1. The SMILES string of the molecule is Cc1noc(C)c1S(=O)(=O)NCCc1nnc(-c2ccccn2)o1. The van der Waals surface area contributed by atoms with Gasteiger partial charge in [0, 0.05) is 19.2 Å². The van der Waals surface area contributed by atoms with Gasteiger partial charge in [-0.25, -0.2) is 13.1 Å². The molecule has 0 aliphatic rings. The third kappa shape index (κ3) is 3.34. The smallest absolute Gasteiger partial charge is 0.266 e. The van der Waals surface area contributed by atoms with Crippen LogP contribution >= 0.6 is 0 Å². The minimum Gasteiger partial charge on any atom is -0.419 e. The van der Waals surface area contributed by atoms with Crippen molar-refractivity contribution in [2.45, 2.75) is 25.2 Å². The molecule has 126 valence electrons. The molecule has 3 aromatic rings. The van der Waals surface area contributed by atoms with Gasteiger partial charge < -0.3 is 8.94 Å². The van der Waals surface area contributed by atoms with Crippen LogP contribution in [0.5, 0.6) is 0 Å². The van der Waals surface area contributed by atoms with Crippen molar-refractivity contribution in [1.29, 1.82) is 0 Å². The van der Waals surface area contributed by atoms with Gasteiger partial charge in [-0.3, -0.25) is 4.98 Å². The van der Waals surface area contributed by atoms with Crippen LogP contribution < -0.4 is 4.72 Å². The maximum Gasteiger partial charge on any atom is 0.266 e. The van der Waals surface area contributed by atoms with Gasteiger partial charge in [-0.05, 0) is 26.0 Å². The third-order valence-corrected chi connectivity index (χ3v) is 4.92. The molecular formula is C14H15N5O4S. The predicted molar refractivity (Wildman–Crippen MR) is 82.4 cm³/mol. The Morgan fingerprint density at radius 3 is 2.71 bits per heavy atom. The van der Waals surface area contributed by atoms with Crippen LogP contribution in [0.3, 0.4) is 0 Å². The molecule has 1 N–H and O–H groups in total. The molecule has 0 amide bonds. The van der Waals surface area contributed by atoms with E-state index in [9.17, 15) is 8.42 Å². The Bertz CT molecular complexity index is 914. The highest BCUT2D eigenvalue weighted by atomic mass is 32.2. The Hall–Kier alpha value is -2.59. The molecule has 0 radical (unpaired) electrons. The van der Waals surface area contributed by atoms with Gasteiger partial charge in [0.1, 0.15) is 16.3 Å². The molecule has 0 aliphatic heterocycles. The number of pyridine rings is 1. The first-order valence-electron chi connectivity index (χ1n) is 7.13. The Kier molecular flexibility index (Phi) is 4.40. The molecule has 0 saturated carbocycles. The molecule has 0 aromatic carbocycles. The van der Waals surface area contributed by atoms with Crippen LogP contribution in [0.2, 0.25) is 0 Å². The monoisotopic (exact) mass is 349 g/mol. The van der Waals surface area contributed by atoms with Crippen molar-refractivity contribution in [2.75, 3.05) is 6.54 Å². The zero-order valence-electron chi connectivity index (χ0n) is 13.1. The van der Waals surface area contributed by atoms with Crippen LogP contribution in [0.15, 0.2) is 38.2 Å². The van der Waals surface area contributed by atoms with Crippen LogP contribution in [0, 0.1) is 13.8 Å². The summed E-state index contributed by atoms with van der Waals surface area (Å²) in [4.78, 5) is 4.17. The molecule has 0 bridgehead atoms. The van der Waals surface area contributed by atoms with Crippen molar-refractivity contribution in [3.63, 3.8) is 0 Å². The van der Waals surface area contributed by atoms with Crippen molar-refractivity contribution in [2.24, 2.45) is 0 Å². The molecule has 10 heteroatoms. The first-order valence-corrected chi connectivity index (χ1v) is 8.62. The van der Waals surface area contributed by atoms with Gasteiger partial charge in [-0.2, -0.15) is 0 Å². The largest absolute Gasteiger partial charge is 0.419 e. The van der Waals surface area contributed by atoms with E-state index in [1.807, 2.05) is 6.07 Å². The fraction of sp³-hybridized carbons (Fsp3) is 0.286. The maximum absolute atomic E-state index is 12.3. The van der Waals surface area contributed by atoms with E-state index in [0.29, 0.717) is 23.2 Å². The highest BCUT2D eigenvalue weighted by Gasteiger charge is 2.23. The van der Waals surface area contributed by atoms with Gasteiger partial charge in [-0.1, -0.05) is 11.2 Å². The van der Waals surface area contributed by atoms with E-state index in [1.54, 1.807) is 32.2 Å². The molecule has 24 heavy (non-hydrogen) atoms. The number of rotatable bonds is 6. The van der Waals surface area contributed by atoms with Crippen molar-refractivity contribution >= 4 is 10.0 Å². The lowest BCUT2D eigenvalue weighted by Gasteiger charge is -2.04. The van der Waals surface area contributed by atoms with E-state index in [-0.39, 0.29) is 23.6 Å². The summed E-state index contributed by atoms with van der Waals surface area (Å²) in [5, 5.41) is 11.4. The molecule has 0 aliphatic carbocycles. The second-order valence-electron chi connectivity index (χ2n) is 5.02. The van der Waals surface area contributed by atoms with E-state index in [4.69, 9.17) is 8.94 Å². The van der Waals surface area contributed by atoms with Gasteiger partial charge in [0.15, 0.2) is 5.76 Å². The quantitative estimate of drug-likeness (QED) is 0.705. The molecular weight excluding hydrogens is 334 g/mol. The van der Waals surface area contributed by atoms with Gasteiger partial charge in [-0.15, -0.1) is 10.2 Å². The predicted octanol–water partition coefficient (Wildman–Crippen LogP) is 1.26. The Balaban J connectivity index is 1.64. The lowest BCUT2D eigenvalue weighted by Crippen LogP contribution is -2.26. The van der Waals surface area contributed by atoms with E-state index >= 15 is 0 Å². The van der Waals surface area contributed by atoms with Crippen molar-refractivity contribution < 1.29 is 17.4 Å². The summed E-state index contributed by atoms with van der Waals surface area (Å²) in [5.41, 5.74) is 0.878. The average Bonchev–Trinajstić information content (AvgIpc) is 3.15. The van der Waals surface area contributed by atoms with Crippen molar-refractivity contribution in [3.8, 4) is 11.6 Å².